The Morgan fingerprint density at radius 3 is 3.00 bits per heavy atom. The Kier molecular flexibility index (Phi) is 3.97. The molecule has 1 fully saturated rings. The zero-order chi connectivity index (χ0) is 12.3. The van der Waals surface area contributed by atoms with Gasteiger partial charge in [-0.2, -0.15) is 0 Å². The molecule has 1 saturated carbocycles. The molecule has 0 radical (unpaired) electrons. The SMILES string of the molecule is CCOC1CC(Nc2cnccc2C)C1OC. The van der Waals surface area contributed by atoms with E-state index in [9.17, 15) is 0 Å². The fourth-order valence-electron chi connectivity index (χ4n) is 2.23. The highest BCUT2D eigenvalue weighted by atomic mass is 16.5. The summed E-state index contributed by atoms with van der Waals surface area (Å²) in [5, 5.41) is 3.47. The first kappa shape index (κ1) is 12.3. The van der Waals surface area contributed by atoms with Crippen LogP contribution >= 0.6 is 0 Å². The van der Waals surface area contributed by atoms with Gasteiger partial charge in [-0.3, -0.25) is 4.98 Å². The van der Waals surface area contributed by atoms with Crippen LogP contribution in [0.2, 0.25) is 0 Å². The topological polar surface area (TPSA) is 43.4 Å². The Morgan fingerprint density at radius 2 is 2.35 bits per heavy atom. The quantitative estimate of drug-likeness (QED) is 0.849. The predicted molar refractivity (Wildman–Crippen MR) is 67.2 cm³/mol. The standard InChI is InChI=1S/C13H20N2O2/c1-4-17-12-7-10(13(12)16-3)15-11-8-14-6-5-9(11)2/h5-6,8,10,12-13,15H,4,7H2,1-3H3. The molecule has 1 N–H and O–H groups in total. The van der Waals surface area contributed by atoms with Crippen molar-refractivity contribution >= 4 is 5.69 Å². The fraction of sp³-hybridized carbons (Fsp3) is 0.615. The molecule has 94 valence electrons. The molecule has 1 aliphatic rings. The summed E-state index contributed by atoms with van der Waals surface area (Å²) < 4.78 is 11.1. The highest BCUT2D eigenvalue weighted by Crippen LogP contribution is 2.30. The van der Waals surface area contributed by atoms with Crippen LogP contribution < -0.4 is 5.32 Å². The van der Waals surface area contributed by atoms with Crippen LogP contribution in [0.4, 0.5) is 5.69 Å². The van der Waals surface area contributed by atoms with E-state index in [0.29, 0.717) is 6.04 Å². The monoisotopic (exact) mass is 236 g/mol. The number of nitrogens with zero attached hydrogens (tertiary/aromatic N) is 1. The lowest BCUT2D eigenvalue weighted by atomic mass is 9.85. The predicted octanol–water partition coefficient (Wildman–Crippen LogP) is 1.99. The highest BCUT2D eigenvalue weighted by Gasteiger charge is 2.42. The van der Waals surface area contributed by atoms with E-state index in [-0.39, 0.29) is 12.2 Å². The van der Waals surface area contributed by atoms with Crippen LogP contribution in [0.1, 0.15) is 18.9 Å². The van der Waals surface area contributed by atoms with Crippen molar-refractivity contribution in [2.45, 2.75) is 38.5 Å². The fourth-order valence-corrected chi connectivity index (χ4v) is 2.23. The van der Waals surface area contributed by atoms with Crippen molar-refractivity contribution in [1.82, 2.24) is 4.98 Å². The number of pyridine rings is 1. The van der Waals surface area contributed by atoms with Crippen LogP contribution in [0.15, 0.2) is 18.5 Å². The molecule has 4 heteroatoms. The maximum Gasteiger partial charge on any atom is 0.103 e. The van der Waals surface area contributed by atoms with E-state index in [4.69, 9.17) is 9.47 Å². The second-order valence-electron chi connectivity index (χ2n) is 4.37. The molecule has 1 aromatic heterocycles. The van der Waals surface area contributed by atoms with Crippen LogP contribution in [-0.4, -0.2) is 37.0 Å². The summed E-state index contributed by atoms with van der Waals surface area (Å²) in [6, 6.07) is 2.32. The molecular weight excluding hydrogens is 216 g/mol. The molecule has 0 spiro atoms. The number of nitrogens with one attached hydrogen (secondary N) is 1. The molecule has 0 bridgehead atoms. The molecule has 0 aliphatic heterocycles. The number of methoxy groups -OCH3 is 1. The molecule has 0 amide bonds. The molecule has 3 atom stereocenters. The Hall–Kier alpha value is -1.13. The van der Waals surface area contributed by atoms with Crippen molar-refractivity contribution in [1.29, 1.82) is 0 Å². The van der Waals surface area contributed by atoms with E-state index in [1.165, 1.54) is 5.56 Å². The lowest BCUT2D eigenvalue weighted by molar-refractivity contribution is -0.118. The van der Waals surface area contributed by atoms with Gasteiger partial charge in [-0.1, -0.05) is 0 Å². The van der Waals surface area contributed by atoms with Gasteiger partial charge in [0.25, 0.3) is 0 Å². The molecule has 17 heavy (non-hydrogen) atoms. The number of anilines is 1. The van der Waals surface area contributed by atoms with Gasteiger partial charge in [0, 0.05) is 19.9 Å². The summed E-state index contributed by atoms with van der Waals surface area (Å²) >= 11 is 0. The maximum atomic E-state index is 5.60. The van der Waals surface area contributed by atoms with E-state index in [0.717, 1.165) is 18.7 Å². The summed E-state index contributed by atoms with van der Waals surface area (Å²) in [5.41, 5.74) is 2.28. The Bertz CT molecular complexity index is 370. The lowest BCUT2D eigenvalue weighted by Crippen LogP contribution is -2.56. The Balaban J connectivity index is 1.95. The third-order valence-electron chi connectivity index (χ3n) is 3.28. The van der Waals surface area contributed by atoms with Gasteiger partial charge in [0.15, 0.2) is 0 Å². The van der Waals surface area contributed by atoms with Crippen molar-refractivity contribution in [3.05, 3.63) is 24.0 Å². The number of aryl methyl sites for hydroxylation is 1. The van der Waals surface area contributed by atoms with Crippen molar-refractivity contribution in [3.8, 4) is 0 Å². The first-order chi connectivity index (χ1) is 8.26. The van der Waals surface area contributed by atoms with Crippen molar-refractivity contribution < 1.29 is 9.47 Å². The number of hydrogen-bond acceptors (Lipinski definition) is 4. The molecule has 1 aromatic rings. The van der Waals surface area contributed by atoms with Crippen LogP contribution in [0.5, 0.6) is 0 Å². The van der Waals surface area contributed by atoms with Gasteiger partial charge >= 0.3 is 0 Å². The maximum absolute atomic E-state index is 5.60. The molecule has 0 saturated heterocycles. The van der Waals surface area contributed by atoms with Crippen molar-refractivity contribution in [3.63, 3.8) is 0 Å². The molecule has 2 rings (SSSR count). The zero-order valence-corrected chi connectivity index (χ0v) is 10.6. The average Bonchev–Trinajstić information content (AvgIpc) is 2.30. The van der Waals surface area contributed by atoms with Gasteiger partial charge in [-0.15, -0.1) is 0 Å². The molecule has 1 heterocycles. The van der Waals surface area contributed by atoms with Gasteiger partial charge in [0.1, 0.15) is 6.10 Å². The molecule has 1 aliphatic carbocycles. The molecule has 0 aromatic carbocycles. The minimum absolute atomic E-state index is 0.134. The van der Waals surface area contributed by atoms with Crippen LogP contribution in [0, 0.1) is 6.92 Å². The summed E-state index contributed by atoms with van der Waals surface area (Å²) in [7, 11) is 1.74. The van der Waals surface area contributed by atoms with E-state index in [1.54, 1.807) is 13.3 Å². The number of ether oxygens (including phenoxy) is 2. The van der Waals surface area contributed by atoms with Crippen LogP contribution in [0.3, 0.4) is 0 Å². The first-order valence-corrected chi connectivity index (χ1v) is 6.07. The molecule has 3 unspecified atom stereocenters. The number of hydrogen-bond donors (Lipinski definition) is 1. The van der Waals surface area contributed by atoms with Crippen molar-refractivity contribution in [2.24, 2.45) is 0 Å². The molecular formula is C13H20N2O2. The second-order valence-corrected chi connectivity index (χ2v) is 4.37. The smallest absolute Gasteiger partial charge is 0.103 e. The normalized spacial score (nSPS) is 27.6. The summed E-state index contributed by atoms with van der Waals surface area (Å²) in [6.07, 6.45) is 5.00. The van der Waals surface area contributed by atoms with Gasteiger partial charge in [0.05, 0.1) is 24.0 Å². The van der Waals surface area contributed by atoms with E-state index < -0.39 is 0 Å². The summed E-state index contributed by atoms with van der Waals surface area (Å²) in [4.78, 5) is 4.13. The number of aromatic nitrogens is 1. The van der Waals surface area contributed by atoms with E-state index >= 15 is 0 Å². The van der Waals surface area contributed by atoms with Crippen molar-refractivity contribution in [2.75, 3.05) is 19.0 Å². The summed E-state index contributed by atoms with van der Waals surface area (Å²) in [5.74, 6) is 0. The van der Waals surface area contributed by atoms with Crippen LogP contribution in [-0.2, 0) is 9.47 Å². The van der Waals surface area contributed by atoms with Gasteiger partial charge in [0.2, 0.25) is 0 Å². The first-order valence-electron chi connectivity index (χ1n) is 6.07. The Labute approximate surface area is 102 Å². The Morgan fingerprint density at radius 1 is 1.53 bits per heavy atom. The van der Waals surface area contributed by atoms with E-state index in [1.807, 2.05) is 19.2 Å². The minimum Gasteiger partial charge on any atom is -0.378 e. The van der Waals surface area contributed by atoms with Gasteiger partial charge < -0.3 is 14.8 Å². The third-order valence-corrected chi connectivity index (χ3v) is 3.28. The van der Waals surface area contributed by atoms with Gasteiger partial charge in [-0.05, 0) is 31.9 Å². The van der Waals surface area contributed by atoms with Gasteiger partial charge in [-0.25, -0.2) is 0 Å². The summed E-state index contributed by atoms with van der Waals surface area (Å²) in [6.45, 7) is 4.83. The van der Waals surface area contributed by atoms with E-state index in [2.05, 4.69) is 17.2 Å². The van der Waals surface area contributed by atoms with Crippen LogP contribution in [0.25, 0.3) is 0 Å². The minimum atomic E-state index is 0.134. The second kappa shape index (κ2) is 5.47. The third kappa shape index (κ3) is 2.58. The average molecular weight is 236 g/mol. The zero-order valence-electron chi connectivity index (χ0n) is 10.6. The number of rotatable bonds is 5. The lowest BCUT2D eigenvalue weighted by Gasteiger charge is -2.43. The molecule has 4 nitrogen and oxygen atoms in total. The highest BCUT2D eigenvalue weighted by molar-refractivity contribution is 5.49. The largest absolute Gasteiger partial charge is 0.378 e.